The molecule has 1 heterocycles. The highest BCUT2D eigenvalue weighted by atomic mass is 16.5. The molecule has 0 bridgehead atoms. The van der Waals surface area contributed by atoms with Gasteiger partial charge in [0.15, 0.2) is 5.90 Å². The highest BCUT2D eigenvalue weighted by molar-refractivity contribution is 5.77. The van der Waals surface area contributed by atoms with Crippen molar-refractivity contribution in [1.29, 1.82) is 0 Å². The monoisotopic (exact) mass is 167 g/mol. The quantitative estimate of drug-likeness (QED) is 0.618. The van der Waals surface area contributed by atoms with E-state index in [1.54, 1.807) is 0 Å². The van der Waals surface area contributed by atoms with E-state index in [9.17, 15) is 0 Å². The van der Waals surface area contributed by atoms with E-state index in [0.717, 1.165) is 31.4 Å². The van der Waals surface area contributed by atoms with Crippen LogP contribution in [0.2, 0.25) is 0 Å². The zero-order chi connectivity index (χ0) is 8.23. The number of hydrogen-bond acceptors (Lipinski definition) is 2. The van der Waals surface area contributed by atoms with Gasteiger partial charge in [0, 0.05) is 6.42 Å². The van der Waals surface area contributed by atoms with Crippen molar-refractivity contribution in [3.63, 3.8) is 0 Å². The fourth-order valence-corrected chi connectivity index (χ4v) is 2.14. The van der Waals surface area contributed by atoms with Crippen molar-refractivity contribution >= 4 is 5.90 Å². The van der Waals surface area contributed by atoms with Crippen molar-refractivity contribution in [2.75, 3.05) is 13.2 Å². The lowest BCUT2D eigenvalue weighted by Gasteiger charge is -2.20. The molecule has 2 rings (SSSR count). The third-order valence-corrected chi connectivity index (χ3v) is 2.84. The summed E-state index contributed by atoms with van der Waals surface area (Å²) in [6.45, 7) is 1.71. The van der Waals surface area contributed by atoms with Gasteiger partial charge in [0.05, 0.1) is 6.54 Å². The van der Waals surface area contributed by atoms with Crippen molar-refractivity contribution in [3.8, 4) is 0 Å². The Morgan fingerprint density at radius 3 is 2.75 bits per heavy atom. The van der Waals surface area contributed by atoms with Gasteiger partial charge in [-0.1, -0.05) is 19.3 Å². The summed E-state index contributed by atoms with van der Waals surface area (Å²) in [4.78, 5) is 4.32. The first-order valence-electron chi connectivity index (χ1n) is 5.11. The van der Waals surface area contributed by atoms with Crippen LogP contribution >= 0.6 is 0 Å². The maximum atomic E-state index is 5.41. The first-order chi connectivity index (χ1) is 5.95. The summed E-state index contributed by atoms with van der Waals surface area (Å²) in [5.41, 5.74) is 0. The molecule has 0 spiro atoms. The van der Waals surface area contributed by atoms with Gasteiger partial charge in [-0.25, -0.2) is 0 Å². The van der Waals surface area contributed by atoms with Crippen LogP contribution < -0.4 is 0 Å². The average molecular weight is 167 g/mol. The second-order valence-electron chi connectivity index (χ2n) is 3.83. The molecule has 2 aliphatic rings. The van der Waals surface area contributed by atoms with E-state index in [2.05, 4.69) is 4.99 Å². The van der Waals surface area contributed by atoms with E-state index in [1.807, 2.05) is 0 Å². The van der Waals surface area contributed by atoms with Gasteiger partial charge in [-0.3, -0.25) is 4.99 Å². The molecule has 0 aromatic rings. The average Bonchev–Trinajstić information content (AvgIpc) is 2.59. The van der Waals surface area contributed by atoms with Gasteiger partial charge in [-0.15, -0.1) is 0 Å². The Hall–Kier alpha value is -0.530. The Bertz CT molecular complexity index is 171. The van der Waals surface area contributed by atoms with E-state index in [-0.39, 0.29) is 0 Å². The van der Waals surface area contributed by atoms with E-state index in [0.29, 0.717) is 0 Å². The topological polar surface area (TPSA) is 21.6 Å². The van der Waals surface area contributed by atoms with E-state index in [1.165, 1.54) is 32.1 Å². The van der Waals surface area contributed by atoms with Crippen molar-refractivity contribution in [2.24, 2.45) is 10.9 Å². The Morgan fingerprint density at radius 1 is 1.25 bits per heavy atom. The lowest BCUT2D eigenvalue weighted by Crippen LogP contribution is -2.12. The molecule has 2 nitrogen and oxygen atoms in total. The van der Waals surface area contributed by atoms with E-state index < -0.39 is 0 Å². The van der Waals surface area contributed by atoms with Gasteiger partial charge < -0.3 is 4.74 Å². The normalized spacial score (nSPS) is 25.2. The molecule has 68 valence electrons. The van der Waals surface area contributed by atoms with Gasteiger partial charge >= 0.3 is 0 Å². The number of hydrogen-bond donors (Lipinski definition) is 0. The van der Waals surface area contributed by atoms with Crippen molar-refractivity contribution in [2.45, 2.75) is 38.5 Å². The van der Waals surface area contributed by atoms with Crippen LogP contribution in [-0.4, -0.2) is 19.0 Å². The largest absolute Gasteiger partial charge is 0.479 e. The van der Waals surface area contributed by atoms with Crippen LogP contribution in [0.1, 0.15) is 38.5 Å². The third-order valence-electron chi connectivity index (χ3n) is 2.84. The van der Waals surface area contributed by atoms with Crippen molar-refractivity contribution in [3.05, 3.63) is 0 Å². The summed E-state index contributed by atoms with van der Waals surface area (Å²) in [5.74, 6) is 1.90. The van der Waals surface area contributed by atoms with Crippen LogP contribution in [0.15, 0.2) is 4.99 Å². The molecule has 0 aromatic carbocycles. The van der Waals surface area contributed by atoms with Gasteiger partial charge in [0.2, 0.25) is 0 Å². The Balaban J connectivity index is 1.77. The summed E-state index contributed by atoms with van der Waals surface area (Å²) in [6, 6.07) is 0. The number of ether oxygens (including phenoxy) is 1. The third kappa shape index (κ3) is 1.99. The Kier molecular flexibility index (Phi) is 2.64. The maximum absolute atomic E-state index is 5.41. The highest BCUT2D eigenvalue weighted by Gasteiger charge is 2.18. The molecule has 2 heteroatoms. The predicted octanol–water partition coefficient (Wildman–Crippen LogP) is 2.39. The van der Waals surface area contributed by atoms with Crippen molar-refractivity contribution < 1.29 is 4.74 Å². The molecule has 1 saturated carbocycles. The van der Waals surface area contributed by atoms with E-state index >= 15 is 0 Å². The zero-order valence-corrected chi connectivity index (χ0v) is 7.59. The van der Waals surface area contributed by atoms with Crippen LogP contribution in [-0.2, 0) is 4.74 Å². The summed E-state index contributed by atoms with van der Waals surface area (Å²) in [5, 5.41) is 0. The van der Waals surface area contributed by atoms with Gasteiger partial charge in [-0.2, -0.15) is 0 Å². The summed E-state index contributed by atoms with van der Waals surface area (Å²) in [6.07, 6.45) is 8.16. The molecule has 0 radical (unpaired) electrons. The molecule has 0 N–H and O–H groups in total. The molecule has 12 heavy (non-hydrogen) atoms. The van der Waals surface area contributed by atoms with Crippen LogP contribution in [0.5, 0.6) is 0 Å². The first kappa shape index (κ1) is 8.09. The Labute approximate surface area is 74.0 Å². The Morgan fingerprint density at radius 2 is 2.08 bits per heavy atom. The minimum atomic E-state index is 0.821. The molecule has 0 aromatic heterocycles. The molecular weight excluding hydrogens is 150 g/mol. The van der Waals surface area contributed by atoms with Crippen molar-refractivity contribution in [1.82, 2.24) is 0 Å². The second kappa shape index (κ2) is 3.92. The minimum absolute atomic E-state index is 0.821. The molecule has 0 unspecified atom stereocenters. The van der Waals surface area contributed by atoms with Gasteiger partial charge in [-0.05, 0) is 18.8 Å². The standard InChI is InChI=1S/C10H17NO/c1-2-4-9(5-3-1)8-10-11-6-7-12-10/h9H,1-8H2. The van der Waals surface area contributed by atoms with Crippen LogP contribution in [0.3, 0.4) is 0 Å². The fraction of sp³-hybridized carbons (Fsp3) is 0.900. The lowest BCUT2D eigenvalue weighted by molar-refractivity contribution is 0.307. The number of aliphatic imine (C=N–C) groups is 1. The molecule has 1 aliphatic heterocycles. The molecule has 0 amide bonds. The maximum Gasteiger partial charge on any atom is 0.183 e. The molecular formula is C10H17NO. The van der Waals surface area contributed by atoms with Gasteiger partial charge in [0.25, 0.3) is 0 Å². The molecule has 1 fully saturated rings. The zero-order valence-electron chi connectivity index (χ0n) is 7.59. The summed E-state index contributed by atoms with van der Waals surface area (Å²) in [7, 11) is 0. The molecule has 0 saturated heterocycles. The lowest BCUT2D eigenvalue weighted by atomic mass is 9.87. The minimum Gasteiger partial charge on any atom is -0.479 e. The van der Waals surface area contributed by atoms with E-state index in [4.69, 9.17) is 4.74 Å². The number of rotatable bonds is 2. The highest BCUT2D eigenvalue weighted by Crippen LogP contribution is 2.27. The first-order valence-corrected chi connectivity index (χ1v) is 5.11. The molecule has 1 aliphatic carbocycles. The summed E-state index contributed by atoms with van der Waals surface area (Å²) < 4.78 is 5.41. The molecule has 0 atom stereocenters. The SMILES string of the molecule is C1CCC(CC2=NCCO2)CC1. The second-order valence-corrected chi connectivity index (χ2v) is 3.83. The number of nitrogens with zero attached hydrogens (tertiary/aromatic N) is 1. The summed E-state index contributed by atoms with van der Waals surface area (Å²) >= 11 is 0. The van der Waals surface area contributed by atoms with Crippen LogP contribution in [0.4, 0.5) is 0 Å². The van der Waals surface area contributed by atoms with Gasteiger partial charge in [0.1, 0.15) is 6.61 Å². The predicted molar refractivity (Wildman–Crippen MR) is 49.4 cm³/mol. The fourth-order valence-electron chi connectivity index (χ4n) is 2.14. The van der Waals surface area contributed by atoms with Crippen LogP contribution in [0.25, 0.3) is 0 Å². The smallest absolute Gasteiger partial charge is 0.183 e. The van der Waals surface area contributed by atoms with Crippen LogP contribution in [0, 0.1) is 5.92 Å².